The van der Waals surface area contributed by atoms with Crippen LogP contribution >= 0.6 is 0 Å². The molecular weight excluding hydrogens is 408 g/mol. The molecule has 3 rings (SSSR count). The third-order valence-corrected chi connectivity index (χ3v) is 5.83. The number of aromatic nitrogens is 2. The highest BCUT2D eigenvalue weighted by molar-refractivity contribution is 5.77. The van der Waals surface area contributed by atoms with Crippen molar-refractivity contribution in [2.75, 3.05) is 36.6 Å². The minimum atomic E-state index is -0.789. The second-order valence-corrected chi connectivity index (χ2v) is 8.37. The Kier molecular flexibility index (Phi) is 8.27. The van der Waals surface area contributed by atoms with Gasteiger partial charge in [-0.15, -0.1) is 0 Å². The molecule has 2 atom stereocenters. The predicted octanol–water partition coefficient (Wildman–Crippen LogP) is 4.45. The summed E-state index contributed by atoms with van der Waals surface area (Å²) in [6, 6.07) is 6.81. The lowest BCUT2D eigenvalue weighted by atomic mass is 9.92. The van der Waals surface area contributed by atoms with Crippen molar-refractivity contribution < 1.29 is 19.4 Å². The molecule has 0 amide bonds. The Labute approximate surface area is 190 Å². The molecule has 1 unspecified atom stereocenters. The number of carboxylic acid groups (broad SMARTS) is 1. The van der Waals surface area contributed by atoms with Crippen LogP contribution in [0.3, 0.4) is 0 Å². The first-order valence-electron chi connectivity index (χ1n) is 11.3. The van der Waals surface area contributed by atoms with Crippen LogP contribution in [0.1, 0.15) is 52.0 Å². The van der Waals surface area contributed by atoms with Crippen molar-refractivity contribution in [3.05, 3.63) is 36.2 Å². The minimum Gasteiger partial charge on any atom is -0.481 e. The molecule has 1 saturated heterocycles. The molecule has 8 nitrogen and oxygen atoms in total. The van der Waals surface area contributed by atoms with Gasteiger partial charge in [-0.2, -0.15) is 0 Å². The van der Waals surface area contributed by atoms with Gasteiger partial charge in [0.05, 0.1) is 61.7 Å². The van der Waals surface area contributed by atoms with Crippen LogP contribution in [0.4, 0.5) is 17.1 Å². The van der Waals surface area contributed by atoms with E-state index in [-0.39, 0.29) is 18.4 Å². The van der Waals surface area contributed by atoms with E-state index < -0.39 is 5.97 Å². The summed E-state index contributed by atoms with van der Waals surface area (Å²) in [7, 11) is 0. The summed E-state index contributed by atoms with van der Waals surface area (Å²) < 4.78 is 11.1. The summed E-state index contributed by atoms with van der Waals surface area (Å²) >= 11 is 0. The Hall–Kier alpha value is -2.87. The number of anilines is 3. The molecule has 2 aromatic rings. The summed E-state index contributed by atoms with van der Waals surface area (Å²) in [6.45, 7) is 11.0. The number of carbonyl (C=O) groups is 1. The van der Waals surface area contributed by atoms with Gasteiger partial charge in [0, 0.05) is 6.54 Å². The first-order chi connectivity index (χ1) is 15.4. The third kappa shape index (κ3) is 5.88. The van der Waals surface area contributed by atoms with Gasteiger partial charge in [-0.1, -0.05) is 26.8 Å². The zero-order valence-electron chi connectivity index (χ0n) is 19.4. The molecule has 1 aliphatic rings. The van der Waals surface area contributed by atoms with Crippen LogP contribution in [0, 0.1) is 5.92 Å². The largest absolute Gasteiger partial charge is 0.481 e. The lowest BCUT2D eigenvalue weighted by Crippen LogP contribution is -2.48. The topological polar surface area (TPSA) is 96.8 Å². The van der Waals surface area contributed by atoms with Crippen molar-refractivity contribution in [1.29, 1.82) is 0 Å². The summed E-state index contributed by atoms with van der Waals surface area (Å²) in [5.41, 5.74) is 3.72. The van der Waals surface area contributed by atoms with Gasteiger partial charge >= 0.3 is 12.0 Å². The van der Waals surface area contributed by atoms with Crippen LogP contribution in [0.2, 0.25) is 0 Å². The van der Waals surface area contributed by atoms with Crippen molar-refractivity contribution >= 4 is 23.0 Å². The monoisotopic (exact) mass is 442 g/mol. The van der Waals surface area contributed by atoms with Gasteiger partial charge in [0.2, 0.25) is 0 Å². The normalized spacial score (nSPS) is 17.3. The lowest BCUT2D eigenvalue weighted by Gasteiger charge is -2.40. The highest BCUT2D eigenvalue weighted by atomic mass is 16.5. The van der Waals surface area contributed by atoms with E-state index in [0.29, 0.717) is 31.7 Å². The molecule has 174 valence electrons. The zero-order valence-corrected chi connectivity index (χ0v) is 19.4. The fourth-order valence-corrected chi connectivity index (χ4v) is 4.08. The molecule has 1 aromatic heterocycles. The number of rotatable bonds is 10. The van der Waals surface area contributed by atoms with Gasteiger partial charge in [-0.25, -0.2) is 9.97 Å². The van der Waals surface area contributed by atoms with E-state index in [0.717, 1.165) is 35.6 Å². The fraction of sp³-hybridized carbons (Fsp3) is 0.542. The first kappa shape index (κ1) is 23.8. The predicted molar refractivity (Wildman–Crippen MR) is 125 cm³/mol. The summed E-state index contributed by atoms with van der Waals surface area (Å²) in [6.07, 6.45) is 4.25. The molecule has 32 heavy (non-hydrogen) atoms. The number of nitrogens with one attached hydrogen (secondary N) is 1. The molecule has 0 bridgehead atoms. The second-order valence-electron chi connectivity index (χ2n) is 8.37. The van der Waals surface area contributed by atoms with Gasteiger partial charge < -0.3 is 24.8 Å². The van der Waals surface area contributed by atoms with E-state index in [1.54, 1.807) is 12.4 Å². The van der Waals surface area contributed by atoms with E-state index in [1.807, 2.05) is 13.8 Å². The van der Waals surface area contributed by atoms with Crippen LogP contribution in [0.5, 0.6) is 6.01 Å². The first-order valence-corrected chi connectivity index (χ1v) is 11.3. The molecule has 0 spiro atoms. The molecule has 1 fully saturated rings. The molecule has 1 aliphatic heterocycles. The van der Waals surface area contributed by atoms with Crippen molar-refractivity contribution in [2.45, 2.75) is 52.5 Å². The van der Waals surface area contributed by atoms with Gasteiger partial charge in [-0.05, 0) is 42.9 Å². The number of ether oxygens (including phenoxy) is 2. The molecule has 2 N–H and O–H groups in total. The zero-order chi connectivity index (χ0) is 23.1. The Morgan fingerprint density at radius 1 is 1.31 bits per heavy atom. The summed E-state index contributed by atoms with van der Waals surface area (Å²) in [5, 5.41) is 12.8. The second kappa shape index (κ2) is 11.1. The smallest absolute Gasteiger partial charge is 0.316 e. The van der Waals surface area contributed by atoms with Gasteiger partial charge in [0.1, 0.15) is 0 Å². The third-order valence-electron chi connectivity index (χ3n) is 5.83. The van der Waals surface area contributed by atoms with Crippen LogP contribution < -0.4 is 15.0 Å². The van der Waals surface area contributed by atoms with Crippen LogP contribution in [-0.4, -0.2) is 53.5 Å². The molecule has 0 radical (unpaired) electrons. The van der Waals surface area contributed by atoms with E-state index in [2.05, 4.69) is 52.2 Å². The Bertz CT molecular complexity index is 888. The number of carboxylic acids is 1. The van der Waals surface area contributed by atoms with E-state index in [1.165, 1.54) is 0 Å². The highest BCUT2D eigenvalue weighted by Crippen LogP contribution is 2.36. The van der Waals surface area contributed by atoms with Gasteiger partial charge in [-0.3, -0.25) is 4.79 Å². The van der Waals surface area contributed by atoms with E-state index in [9.17, 15) is 9.90 Å². The standard InChI is InChI=1S/C24H34N4O4/c1-5-17(12-23(29)30)18-7-8-21(28-9-10-31-15-22(28)16(3)4)20(11-18)27-19-13-25-24(26-14-19)32-6-2/h7-8,11,13-14,16-17,22,27H,5-6,9-10,12,15H2,1-4H3,(H,29,30)/t17?,22-/m0/s1. The summed E-state index contributed by atoms with van der Waals surface area (Å²) in [5.74, 6) is -0.417. The molecule has 8 heteroatoms. The van der Waals surface area contributed by atoms with Crippen molar-refractivity contribution in [1.82, 2.24) is 9.97 Å². The molecule has 0 aliphatic carbocycles. The van der Waals surface area contributed by atoms with Gasteiger partial charge in [0.25, 0.3) is 0 Å². The van der Waals surface area contributed by atoms with Crippen LogP contribution in [0.25, 0.3) is 0 Å². The Morgan fingerprint density at radius 3 is 2.69 bits per heavy atom. The average Bonchev–Trinajstić information content (AvgIpc) is 2.79. The number of hydrogen-bond acceptors (Lipinski definition) is 7. The van der Waals surface area contributed by atoms with E-state index >= 15 is 0 Å². The summed E-state index contributed by atoms with van der Waals surface area (Å²) in [4.78, 5) is 22.3. The number of nitrogens with zero attached hydrogens (tertiary/aromatic N) is 3. The number of aliphatic carboxylic acids is 1. The van der Waals surface area contributed by atoms with Crippen molar-refractivity contribution in [3.8, 4) is 6.01 Å². The quantitative estimate of drug-likeness (QED) is 0.557. The maximum atomic E-state index is 11.4. The average molecular weight is 443 g/mol. The molecule has 1 aromatic carbocycles. The van der Waals surface area contributed by atoms with E-state index in [4.69, 9.17) is 9.47 Å². The number of benzene rings is 1. The molecule has 0 saturated carbocycles. The van der Waals surface area contributed by atoms with Crippen molar-refractivity contribution in [2.24, 2.45) is 5.92 Å². The Balaban J connectivity index is 1.98. The Morgan fingerprint density at radius 2 is 2.06 bits per heavy atom. The van der Waals surface area contributed by atoms with Crippen LogP contribution in [-0.2, 0) is 9.53 Å². The number of morpholine rings is 1. The highest BCUT2D eigenvalue weighted by Gasteiger charge is 2.28. The number of hydrogen-bond donors (Lipinski definition) is 2. The SMILES string of the molecule is CCOc1ncc(Nc2cc(C(CC)CC(=O)O)ccc2N2CCOC[C@H]2C(C)C)cn1. The minimum absolute atomic E-state index is 0.0516. The molecular formula is C24H34N4O4. The van der Waals surface area contributed by atoms with Crippen molar-refractivity contribution in [3.63, 3.8) is 0 Å². The fourth-order valence-electron chi connectivity index (χ4n) is 4.08. The van der Waals surface area contributed by atoms with Gasteiger partial charge in [0.15, 0.2) is 0 Å². The maximum Gasteiger partial charge on any atom is 0.316 e. The van der Waals surface area contributed by atoms with Crippen LogP contribution in [0.15, 0.2) is 30.6 Å². The maximum absolute atomic E-state index is 11.4. The molecule has 2 heterocycles. The lowest BCUT2D eigenvalue weighted by molar-refractivity contribution is -0.137.